The molecule has 8 nitrogen and oxygen atoms in total. The molecule has 1 saturated carbocycles. The summed E-state index contributed by atoms with van der Waals surface area (Å²) in [5, 5.41) is 9.13. The van der Waals surface area contributed by atoms with Crippen molar-refractivity contribution in [1.82, 2.24) is 20.0 Å². The van der Waals surface area contributed by atoms with Crippen molar-refractivity contribution in [2.24, 2.45) is 11.8 Å². The SMILES string of the molecule is CC1CCC1CN1CCC(C)(n2cc(Cc3ccc4c5c(cccc35)C(=O)N4C3CCC(=O)NC3=O)cn2)CC1. The van der Waals surface area contributed by atoms with Gasteiger partial charge in [-0.25, -0.2) is 0 Å². The molecule has 3 atom stereocenters. The lowest BCUT2D eigenvalue weighted by Crippen LogP contribution is -2.53. The molecule has 4 aliphatic rings. The summed E-state index contributed by atoms with van der Waals surface area (Å²) in [4.78, 5) is 42.0. The molecule has 3 aromatic rings. The minimum Gasteiger partial charge on any atom is -0.303 e. The summed E-state index contributed by atoms with van der Waals surface area (Å²) in [6.07, 6.45) is 10.5. The summed E-state index contributed by atoms with van der Waals surface area (Å²) < 4.78 is 2.18. The van der Waals surface area contributed by atoms with Crippen LogP contribution in [0.15, 0.2) is 42.7 Å². The molecular formula is C32H37N5O3. The number of hydrogen-bond donors (Lipinski definition) is 1. The van der Waals surface area contributed by atoms with Crippen molar-refractivity contribution in [2.75, 3.05) is 24.5 Å². The Bertz CT molecular complexity index is 1520. The van der Waals surface area contributed by atoms with Crippen molar-refractivity contribution < 1.29 is 14.4 Å². The van der Waals surface area contributed by atoms with Crippen molar-refractivity contribution in [3.63, 3.8) is 0 Å². The predicted octanol–water partition coefficient (Wildman–Crippen LogP) is 4.25. The van der Waals surface area contributed by atoms with Crippen LogP contribution < -0.4 is 10.2 Å². The third-order valence-corrected chi connectivity index (χ3v) is 10.1. The first-order valence-corrected chi connectivity index (χ1v) is 14.8. The van der Waals surface area contributed by atoms with Crippen LogP contribution in [0.25, 0.3) is 10.8 Å². The molecule has 3 aliphatic heterocycles. The average Bonchev–Trinajstić information content (AvgIpc) is 3.53. The van der Waals surface area contributed by atoms with Crippen LogP contribution >= 0.6 is 0 Å². The van der Waals surface area contributed by atoms with Crippen LogP contribution in [0.2, 0.25) is 0 Å². The Morgan fingerprint density at radius 1 is 1.05 bits per heavy atom. The molecular weight excluding hydrogens is 502 g/mol. The van der Waals surface area contributed by atoms with Gasteiger partial charge in [-0.05, 0) is 73.1 Å². The van der Waals surface area contributed by atoms with Gasteiger partial charge in [0.25, 0.3) is 5.91 Å². The minimum atomic E-state index is -0.672. The molecule has 208 valence electrons. The Labute approximate surface area is 234 Å². The number of carbonyl (C=O) groups is 3. The number of rotatable bonds is 6. The number of carbonyl (C=O) groups excluding carboxylic acids is 3. The first kappa shape index (κ1) is 25.4. The molecule has 4 heterocycles. The molecule has 0 radical (unpaired) electrons. The van der Waals surface area contributed by atoms with Crippen LogP contribution in [0.4, 0.5) is 5.69 Å². The van der Waals surface area contributed by atoms with Crippen LogP contribution in [-0.2, 0) is 21.5 Å². The van der Waals surface area contributed by atoms with Gasteiger partial charge in [-0.15, -0.1) is 0 Å². The fraction of sp³-hybridized carbons (Fsp3) is 0.500. The van der Waals surface area contributed by atoms with E-state index in [1.165, 1.54) is 19.4 Å². The normalized spacial score (nSPS) is 26.3. The molecule has 3 fully saturated rings. The monoisotopic (exact) mass is 539 g/mol. The molecule has 2 aromatic carbocycles. The van der Waals surface area contributed by atoms with Gasteiger partial charge in [-0.3, -0.25) is 29.3 Å². The standard InChI is InChI=1S/C32H37N5O3/c1-20-6-7-23(20)19-35-14-12-32(2,13-15-35)36-18-21(17-33-36)16-22-8-9-26-29-24(22)4-3-5-25(29)31(40)37(26)27-10-11-28(38)34-30(27)39/h3-5,8-9,17-18,20,23,27H,6-7,10-16,19H2,1-2H3,(H,34,38,39). The van der Waals surface area contributed by atoms with Crippen molar-refractivity contribution in [3.8, 4) is 0 Å². The number of piperidine rings is 2. The molecule has 0 bridgehead atoms. The third kappa shape index (κ3) is 4.15. The van der Waals surface area contributed by atoms with E-state index in [-0.39, 0.29) is 23.8 Å². The van der Waals surface area contributed by atoms with Crippen molar-refractivity contribution in [1.29, 1.82) is 0 Å². The highest BCUT2D eigenvalue weighted by atomic mass is 16.2. The summed E-state index contributed by atoms with van der Waals surface area (Å²) in [6, 6.07) is 9.16. The number of likely N-dealkylation sites (tertiary alicyclic amines) is 1. The van der Waals surface area contributed by atoms with Gasteiger partial charge in [-0.2, -0.15) is 5.10 Å². The summed E-state index contributed by atoms with van der Waals surface area (Å²) in [7, 11) is 0. The van der Waals surface area contributed by atoms with Crippen molar-refractivity contribution >= 4 is 34.2 Å². The van der Waals surface area contributed by atoms with E-state index in [1.807, 2.05) is 24.4 Å². The Hall–Kier alpha value is -3.52. The van der Waals surface area contributed by atoms with E-state index in [0.29, 0.717) is 18.4 Å². The fourth-order valence-electron chi connectivity index (χ4n) is 7.21. The highest BCUT2D eigenvalue weighted by Crippen LogP contribution is 2.42. The largest absolute Gasteiger partial charge is 0.303 e. The Morgan fingerprint density at radius 3 is 2.60 bits per heavy atom. The molecule has 3 unspecified atom stereocenters. The smallest absolute Gasteiger partial charge is 0.259 e. The maximum absolute atomic E-state index is 13.4. The van der Waals surface area contributed by atoms with Gasteiger partial charge in [-0.1, -0.05) is 31.5 Å². The van der Waals surface area contributed by atoms with E-state index in [4.69, 9.17) is 5.10 Å². The quantitative estimate of drug-likeness (QED) is 0.474. The summed E-state index contributed by atoms with van der Waals surface area (Å²) in [6.45, 7) is 8.22. The van der Waals surface area contributed by atoms with Crippen LogP contribution in [-0.4, -0.2) is 58.1 Å². The van der Waals surface area contributed by atoms with E-state index in [0.717, 1.165) is 65.4 Å². The zero-order valence-corrected chi connectivity index (χ0v) is 23.4. The van der Waals surface area contributed by atoms with Crippen LogP contribution in [0.5, 0.6) is 0 Å². The van der Waals surface area contributed by atoms with Gasteiger partial charge in [0.15, 0.2) is 0 Å². The molecule has 40 heavy (non-hydrogen) atoms. The number of imide groups is 1. The lowest BCUT2D eigenvalue weighted by atomic mass is 9.74. The maximum atomic E-state index is 13.4. The second-order valence-corrected chi connectivity index (χ2v) is 12.7. The van der Waals surface area contributed by atoms with Gasteiger partial charge >= 0.3 is 0 Å². The Kier molecular flexibility index (Phi) is 6.07. The van der Waals surface area contributed by atoms with Gasteiger partial charge in [0.1, 0.15) is 6.04 Å². The van der Waals surface area contributed by atoms with Crippen molar-refractivity contribution in [3.05, 3.63) is 59.4 Å². The number of hydrogen-bond acceptors (Lipinski definition) is 5. The van der Waals surface area contributed by atoms with Gasteiger partial charge < -0.3 is 4.90 Å². The van der Waals surface area contributed by atoms with E-state index in [9.17, 15) is 14.4 Å². The molecule has 1 aliphatic carbocycles. The zero-order chi connectivity index (χ0) is 27.6. The van der Waals surface area contributed by atoms with E-state index in [2.05, 4.69) is 47.1 Å². The Morgan fingerprint density at radius 2 is 1.88 bits per heavy atom. The third-order valence-electron chi connectivity index (χ3n) is 10.1. The second-order valence-electron chi connectivity index (χ2n) is 12.7. The number of aromatic nitrogens is 2. The van der Waals surface area contributed by atoms with E-state index < -0.39 is 11.9 Å². The first-order chi connectivity index (χ1) is 19.3. The number of nitrogens with zero attached hydrogens (tertiary/aromatic N) is 4. The highest BCUT2D eigenvalue weighted by Gasteiger charge is 2.41. The van der Waals surface area contributed by atoms with Gasteiger partial charge in [0.2, 0.25) is 11.8 Å². The molecule has 8 heteroatoms. The average molecular weight is 540 g/mol. The number of benzene rings is 2. The minimum absolute atomic E-state index is 0.0247. The van der Waals surface area contributed by atoms with E-state index >= 15 is 0 Å². The number of anilines is 1. The maximum Gasteiger partial charge on any atom is 0.259 e. The topological polar surface area (TPSA) is 87.5 Å². The molecule has 3 amide bonds. The first-order valence-electron chi connectivity index (χ1n) is 14.8. The van der Waals surface area contributed by atoms with Crippen LogP contribution in [0.3, 0.4) is 0 Å². The second kappa shape index (κ2) is 9.54. The van der Waals surface area contributed by atoms with Crippen LogP contribution in [0.1, 0.15) is 73.9 Å². The summed E-state index contributed by atoms with van der Waals surface area (Å²) in [5.41, 5.74) is 3.67. The summed E-state index contributed by atoms with van der Waals surface area (Å²) in [5.74, 6) is 0.899. The van der Waals surface area contributed by atoms with Crippen molar-refractivity contribution in [2.45, 2.75) is 70.4 Å². The molecule has 0 spiro atoms. The summed E-state index contributed by atoms with van der Waals surface area (Å²) >= 11 is 0. The molecule has 2 saturated heterocycles. The lowest BCUT2D eigenvalue weighted by molar-refractivity contribution is -0.134. The Balaban J connectivity index is 1.10. The molecule has 7 rings (SSSR count). The van der Waals surface area contributed by atoms with Gasteiger partial charge in [0, 0.05) is 49.6 Å². The number of nitrogens with one attached hydrogen (secondary N) is 1. The molecule has 1 N–H and O–H groups in total. The van der Waals surface area contributed by atoms with Gasteiger partial charge in [0.05, 0.1) is 17.4 Å². The lowest BCUT2D eigenvalue weighted by Gasteiger charge is -2.43. The van der Waals surface area contributed by atoms with Crippen LogP contribution in [0, 0.1) is 11.8 Å². The fourth-order valence-corrected chi connectivity index (χ4v) is 7.21. The van der Waals surface area contributed by atoms with E-state index in [1.54, 1.807) is 4.90 Å². The number of amides is 3. The zero-order valence-electron chi connectivity index (χ0n) is 23.4. The highest BCUT2D eigenvalue weighted by molar-refractivity contribution is 6.27. The predicted molar refractivity (Wildman–Crippen MR) is 153 cm³/mol. The molecule has 1 aromatic heterocycles.